The molecule has 3 heterocycles. The molecule has 1 unspecified atom stereocenters. The molecule has 18 heavy (non-hydrogen) atoms. The van der Waals surface area contributed by atoms with Crippen LogP contribution >= 0.6 is 0 Å². The molecule has 7 nitrogen and oxygen atoms in total. The molecule has 0 aliphatic carbocycles. The van der Waals surface area contributed by atoms with Gasteiger partial charge in [0.2, 0.25) is 17.7 Å². The van der Waals surface area contributed by atoms with Crippen molar-refractivity contribution in [2.45, 2.75) is 25.8 Å². The van der Waals surface area contributed by atoms with Gasteiger partial charge in [-0.1, -0.05) is 0 Å². The lowest BCUT2D eigenvalue weighted by molar-refractivity contribution is -0.119. The van der Waals surface area contributed by atoms with Crippen molar-refractivity contribution in [1.29, 1.82) is 0 Å². The topological polar surface area (TPSA) is 99.0 Å². The minimum Gasteiger partial charge on any atom is -0.444 e. The van der Waals surface area contributed by atoms with E-state index < -0.39 is 0 Å². The number of aryl methyl sites for hydroxylation is 1. The van der Waals surface area contributed by atoms with E-state index in [4.69, 9.17) is 10.2 Å². The predicted molar refractivity (Wildman–Crippen MR) is 62.9 cm³/mol. The van der Waals surface area contributed by atoms with E-state index in [1.807, 2.05) is 13.0 Å². The molecule has 2 aromatic heterocycles. The lowest BCUT2D eigenvalue weighted by atomic mass is 10.2. The van der Waals surface area contributed by atoms with Gasteiger partial charge >= 0.3 is 0 Å². The van der Waals surface area contributed by atoms with Crippen LogP contribution in [0, 0.1) is 6.92 Å². The molecule has 1 aliphatic heterocycles. The molecule has 0 saturated carbocycles. The van der Waals surface area contributed by atoms with Gasteiger partial charge in [-0.2, -0.15) is 9.67 Å². The van der Waals surface area contributed by atoms with Crippen LogP contribution in [0.15, 0.2) is 16.5 Å². The Morgan fingerprint density at radius 3 is 3.00 bits per heavy atom. The molecule has 1 amide bonds. The summed E-state index contributed by atoms with van der Waals surface area (Å²) in [6, 6.07) is 3.47. The summed E-state index contributed by atoms with van der Waals surface area (Å²) in [6.07, 6.45) is 1.19. The number of furan rings is 1. The molecule has 1 saturated heterocycles. The van der Waals surface area contributed by atoms with Crippen molar-refractivity contribution in [2.75, 3.05) is 5.73 Å². The fourth-order valence-corrected chi connectivity index (χ4v) is 2.07. The van der Waals surface area contributed by atoms with Crippen LogP contribution in [0.2, 0.25) is 0 Å². The summed E-state index contributed by atoms with van der Waals surface area (Å²) in [5, 5.41) is 6.94. The molecule has 94 valence electrons. The minimum absolute atomic E-state index is 0.0174. The van der Waals surface area contributed by atoms with Crippen LogP contribution in [0.5, 0.6) is 0 Å². The Balaban J connectivity index is 2.02. The largest absolute Gasteiger partial charge is 0.444 e. The van der Waals surface area contributed by atoms with Gasteiger partial charge in [0, 0.05) is 12.5 Å². The van der Waals surface area contributed by atoms with Gasteiger partial charge in [-0.3, -0.25) is 4.79 Å². The first kappa shape index (κ1) is 10.8. The number of aromatic nitrogens is 3. The number of nitrogens with one attached hydrogen (secondary N) is 1. The van der Waals surface area contributed by atoms with E-state index in [9.17, 15) is 4.79 Å². The fourth-order valence-electron chi connectivity index (χ4n) is 2.07. The van der Waals surface area contributed by atoms with E-state index in [0.717, 1.165) is 5.76 Å². The van der Waals surface area contributed by atoms with Crippen LogP contribution in [0.4, 0.5) is 5.95 Å². The Hall–Kier alpha value is -2.31. The standard InChI is InChI=1S/C11H13N5O2/c1-6-2-5-9(18-6)16-10(14-11(12)15-16)7-3-4-8(17)13-7/h2,5,7H,3-4H2,1H3,(H2,12,15)(H,13,17). The van der Waals surface area contributed by atoms with Crippen LogP contribution in [0.1, 0.15) is 30.5 Å². The summed E-state index contributed by atoms with van der Waals surface area (Å²) in [7, 11) is 0. The number of hydrogen-bond acceptors (Lipinski definition) is 5. The van der Waals surface area contributed by atoms with Crippen LogP contribution < -0.4 is 11.1 Å². The number of carbonyl (C=O) groups excluding carboxylic acids is 1. The third-order valence-electron chi connectivity index (χ3n) is 2.89. The van der Waals surface area contributed by atoms with E-state index in [1.54, 1.807) is 10.7 Å². The average molecular weight is 247 g/mol. The maximum atomic E-state index is 11.3. The average Bonchev–Trinajstić information content (AvgIpc) is 2.98. The Morgan fingerprint density at radius 2 is 2.39 bits per heavy atom. The first-order valence-electron chi connectivity index (χ1n) is 5.72. The molecule has 1 aliphatic rings. The summed E-state index contributed by atoms with van der Waals surface area (Å²) >= 11 is 0. The van der Waals surface area contributed by atoms with Crippen LogP contribution in [-0.2, 0) is 4.79 Å². The molecule has 1 atom stereocenters. The van der Waals surface area contributed by atoms with E-state index in [1.165, 1.54) is 0 Å². The summed E-state index contributed by atoms with van der Waals surface area (Å²) in [4.78, 5) is 15.4. The Kier molecular flexibility index (Phi) is 2.32. The van der Waals surface area contributed by atoms with Crippen molar-refractivity contribution >= 4 is 11.9 Å². The number of nitrogens with two attached hydrogens (primary N) is 1. The van der Waals surface area contributed by atoms with E-state index in [-0.39, 0.29) is 17.9 Å². The van der Waals surface area contributed by atoms with E-state index >= 15 is 0 Å². The van der Waals surface area contributed by atoms with Crippen LogP contribution in [-0.4, -0.2) is 20.7 Å². The van der Waals surface area contributed by atoms with Crippen molar-refractivity contribution in [3.63, 3.8) is 0 Å². The van der Waals surface area contributed by atoms with Gasteiger partial charge in [-0.05, 0) is 19.4 Å². The lowest BCUT2D eigenvalue weighted by Gasteiger charge is -2.08. The molecule has 7 heteroatoms. The number of amides is 1. The first-order valence-corrected chi connectivity index (χ1v) is 5.72. The monoisotopic (exact) mass is 247 g/mol. The van der Waals surface area contributed by atoms with Crippen LogP contribution in [0.3, 0.4) is 0 Å². The highest BCUT2D eigenvalue weighted by Gasteiger charge is 2.28. The van der Waals surface area contributed by atoms with E-state index in [0.29, 0.717) is 24.6 Å². The number of carbonyl (C=O) groups is 1. The molecular formula is C11H13N5O2. The SMILES string of the molecule is Cc1ccc(-n2nc(N)nc2C2CCC(=O)N2)o1. The summed E-state index contributed by atoms with van der Waals surface area (Å²) in [5.74, 6) is 2.12. The van der Waals surface area contributed by atoms with Crippen molar-refractivity contribution in [2.24, 2.45) is 0 Å². The van der Waals surface area contributed by atoms with Crippen molar-refractivity contribution < 1.29 is 9.21 Å². The second-order valence-electron chi connectivity index (χ2n) is 4.28. The zero-order chi connectivity index (χ0) is 12.7. The number of rotatable bonds is 2. The Labute approximate surface area is 103 Å². The molecule has 0 aromatic carbocycles. The highest BCUT2D eigenvalue weighted by atomic mass is 16.4. The number of nitrogens with zero attached hydrogens (tertiary/aromatic N) is 3. The Morgan fingerprint density at radius 1 is 1.56 bits per heavy atom. The zero-order valence-electron chi connectivity index (χ0n) is 9.88. The highest BCUT2D eigenvalue weighted by molar-refractivity contribution is 5.78. The maximum Gasteiger partial charge on any atom is 0.240 e. The zero-order valence-corrected chi connectivity index (χ0v) is 9.88. The smallest absolute Gasteiger partial charge is 0.240 e. The number of anilines is 1. The molecular weight excluding hydrogens is 234 g/mol. The van der Waals surface area contributed by atoms with Crippen molar-refractivity contribution in [1.82, 2.24) is 20.1 Å². The van der Waals surface area contributed by atoms with Crippen LogP contribution in [0.25, 0.3) is 5.88 Å². The van der Waals surface area contributed by atoms with Gasteiger partial charge in [0.15, 0.2) is 5.82 Å². The molecule has 2 aromatic rings. The highest BCUT2D eigenvalue weighted by Crippen LogP contribution is 2.25. The second-order valence-corrected chi connectivity index (χ2v) is 4.28. The Bertz CT molecular complexity index is 600. The van der Waals surface area contributed by atoms with E-state index in [2.05, 4.69) is 15.4 Å². The second kappa shape index (κ2) is 3.86. The quantitative estimate of drug-likeness (QED) is 0.813. The number of hydrogen-bond donors (Lipinski definition) is 2. The molecule has 0 spiro atoms. The van der Waals surface area contributed by atoms with Crippen molar-refractivity contribution in [3.8, 4) is 5.88 Å². The number of nitrogen functional groups attached to an aromatic ring is 1. The van der Waals surface area contributed by atoms with Gasteiger partial charge in [0.25, 0.3) is 0 Å². The van der Waals surface area contributed by atoms with Gasteiger partial charge in [-0.15, -0.1) is 5.10 Å². The normalized spacial score (nSPS) is 19.2. The van der Waals surface area contributed by atoms with Gasteiger partial charge in [0.1, 0.15) is 5.76 Å². The summed E-state index contributed by atoms with van der Waals surface area (Å²) < 4.78 is 7.04. The summed E-state index contributed by atoms with van der Waals surface area (Å²) in [6.45, 7) is 1.85. The maximum absolute atomic E-state index is 11.3. The lowest BCUT2D eigenvalue weighted by Crippen LogP contribution is -2.21. The fraction of sp³-hybridized carbons (Fsp3) is 0.364. The molecule has 1 fully saturated rings. The third kappa shape index (κ3) is 1.73. The predicted octanol–water partition coefficient (Wildman–Crippen LogP) is 0.702. The van der Waals surface area contributed by atoms with Gasteiger partial charge < -0.3 is 15.5 Å². The molecule has 0 radical (unpaired) electrons. The molecule has 3 N–H and O–H groups in total. The molecule has 3 rings (SSSR count). The third-order valence-corrected chi connectivity index (χ3v) is 2.89. The van der Waals surface area contributed by atoms with Crippen molar-refractivity contribution in [3.05, 3.63) is 23.7 Å². The first-order chi connectivity index (χ1) is 8.63. The van der Waals surface area contributed by atoms with Gasteiger partial charge in [0.05, 0.1) is 6.04 Å². The minimum atomic E-state index is -0.160. The van der Waals surface area contributed by atoms with Gasteiger partial charge in [-0.25, -0.2) is 0 Å². The summed E-state index contributed by atoms with van der Waals surface area (Å²) in [5.41, 5.74) is 5.63. The molecule has 0 bridgehead atoms.